The Bertz CT molecular complexity index is 432. The zero-order chi connectivity index (χ0) is 15.1. The van der Waals surface area contributed by atoms with Crippen LogP contribution in [0.15, 0.2) is 30.3 Å². The standard InChI is InChI=1S/C18H28N2O/c1-3-8-15(2)13-19-17(16-9-5-4-6-10-16)14-20-12-7-11-18(20)21/h4-6,9-10,15,17,19H,3,7-8,11-14H2,1-2H3. The summed E-state index contributed by atoms with van der Waals surface area (Å²) in [6.07, 6.45) is 4.20. The number of nitrogens with one attached hydrogen (secondary N) is 1. The van der Waals surface area contributed by atoms with Crippen molar-refractivity contribution in [3.05, 3.63) is 35.9 Å². The molecule has 1 aromatic carbocycles. The van der Waals surface area contributed by atoms with E-state index in [9.17, 15) is 4.79 Å². The molecule has 1 aromatic rings. The van der Waals surface area contributed by atoms with E-state index in [2.05, 4.69) is 43.4 Å². The molecule has 3 nitrogen and oxygen atoms in total. The summed E-state index contributed by atoms with van der Waals surface area (Å²) in [5.74, 6) is 0.981. The lowest BCUT2D eigenvalue weighted by Crippen LogP contribution is -2.37. The maximum absolute atomic E-state index is 11.9. The predicted octanol–water partition coefficient (Wildman–Crippen LogP) is 3.38. The van der Waals surface area contributed by atoms with E-state index in [1.54, 1.807) is 0 Å². The van der Waals surface area contributed by atoms with E-state index in [1.807, 2.05) is 11.0 Å². The molecule has 3 heteroatoms. The highest BCUT2D eigenvalue weighted by Crippen LogP contribution is 2.19. The number of amides is 1. The van der Waals surface area contributed by atoms with Crippen molar-refractivity contribution in [2.45, 2.75) is 45.6 Å². The van der Waals surface area contributed by atoms with Crippen molar-refractivity contribution in [3.63, 3.8) is 0 Å². The summed E-state index contributed by atoms with van der Waals surface area (Å²) in [4.78, 5) is 13.9. The maximum Gasteiger partial charge on any atom is 0.222 e. The summed E-state index contributed by atoms with van der Waals surface area (Å²) in [5, 5.41) is 3.67. The number of rotatable bonds is 8. The highest BCUT2D eigenvalue weighted by molar-refractivity contribution is 5.78. The first-order valence-corrected chi connectivity index (χ1v) is 8.26. The van der Waals surface area contributed by atoms with Crippen LogP contribution in [0.5, 0.6) is 0 Å². The van der Waals surface area contributed by atoms with Crippen molar-refractivity contribution in [2.24, 2.45) is 5.92 Å². The van der Waals surface area contributed by atoms with Gasteiger partial charge in [0.15, 0.2) is 0 Å². The lowest BCUT2D eigenvalue weighted by atomic mass is 10.0. The van der Waals surface area contributed by atoms with E-state index in [-0.39, 0.29) is 6.04 Å². The van der Waals surface area contributed by atoms with Crippen molar-refractivity contribution >= 4 is 5.91 Å². The fraction of sp³-hybridized carbons (Fsp3) is 0.611. The predicted molar refractivity (Wildman–Crippen MR) is 87.1 cm³/mol. The van der Waals surface area contributed by atoms with E-state index in [1.165, 1.54) is 18.4 Å². The minimum Gasteiger partial charge on any atom is -0.341 e. The van der Waals surface area contributed by atoms with Crippen LogP contribution in [0.2, 0.25) is 0 Å². The van der Waals surface area contributed by atoms with Crippen LogP contribution in [0.1, 0.15) is 51.1 Å². The van der Waals surface area contributed by atoms with Gasteiger partial charge in [-0.2, -0.15) is 0 Å². The Morgan fingerprint density at radius 2 is 2.05 bits per heavy atom. The Morgan fingerprint density at radius 3 is 2.67 bits per heavy atom. The molecule has 1 N–H and O–H groups in total. The van der Waals surface area contributed by atoms with Crippen LogP contribution in [0.3, 0.4) is 0 Å². The second-order valence-corrected chi connectivity index (χ2v) is 6.21. The summed E-state index contributed by atoms with van der Waals surface area (Å²) in [6.45, 7) is 7.24. The van der Waals surface area contributed by atoms with Crippen molar-refractivity contribution < 1.29 is 4.79 Å². The van der Waals surface area contributed by atoms with Gasteiger partial charge in [0.05, 0.1) is 0 Å². The lowest BCUT2D eigenvalue weighted by Gasteiger charge is -2.26. The normalized spacial score (nSPS) is 18.0. The molecule has 21 heavy (non-hydrogen) atoms. The largest absolute Gasteiger partial charge is 0.341 e. The van der Waals surface area contributed by atoms with Crippen molar-refractivity contribution in [3.8, 4) is 0 Å². The quantitative estimate of drug-likeness (QED) is 0.795. The highest BCUT2D eigenvalue weighted by atomic mass is 16.2. The molecule has 0 bridgehead atoms. The van der Waals surface area contributed by atoms with Gasteiger partial charge in [0, 0.05) is 25.6 Å². The molecule has 1 saturated heterocycles. The number of benzene rings is 1. The molecule has 1 aliphatic rings. The molecule has 1 amide bonds. The molecule has 116 valence electrons. The zero-order valence-corrected chi connectivity index (χ0v) is 13.3. The Morgan fingerprint density at radius 1 is 1.29 bits per heavy atom. The summed E-state index contributed by atoms with van der Waals surface area (Å²) >= 11 is 0. The molecule has 0 radical (unpaired) electrons. The minimum absolute atomic E-state index is 0.243. The molecular formula is C18H28N2O. The molecular weight excluding hydrogens is 260 g/mol. The lowest BCUT2D eigenvalue weighted by molar-refractivity contribution is -0.128. The Balaban J connectivity index is 1.98. The summed E-state index contributed by atoms with van der Waals surface area (Å²) in [5.41, 5.74) is 1.28. The molecule has 1 fully saturated rings. The van der Waals surface area contributed by atoms with Gasteiger partial charge in [-0.1, -0.05) is 50.6 Å². The summed E-state index contributed by atoms with van der Waals surface area (Å²) < 4.78 is 0. The molecule has 2 rings (SSSR count). The van der Waals surface area contributed by atoms with Crippen LogP contribution >= 0.6 is 0 Å². The second-order valence-electron chi connectivity index (χ2n) is 6.21. The SMILES string of the molecule is CCCC(C)CNC(CN1CCCC1=O)c1ccccc1. The number of hydrogen-bond acceptors (Lipinski definition) is 2. The molecule has 1 heterocycles. The average Bonchev–Trinajstić information content (AvgIpc) is 2.90. The summed E-state index contributed by atoms with van der Waals surface area (Å²) in [7, 11) is 0. The average molecular weight is 288 g/mol. The topological polar surface area (TPSA) is 32.3 Å². The molecule has 0 spiro atoms. The number of hydrogen-bond donors (Lipinski definition) is 1. The third-order valence-corrected chi connectivity index (χ3v) is 4.27. The van der Waals surface area contributed by atoms with Gasteiger partial charge >= 0.3 is 0 Å². The molecule has 2 atom stereocenters. The second kappa shape index (κ2) is 8.18. The molecule has 0 saturated carbocycles. The number of likely N-dealkylation sites (tertiary alicyclic amines) is 1. The van der Waals surface area contributed by atoms with Gasteiger partial charge in [0.2, 0.25) is 5.91 Å². The van der Waals surface area contributed by atoms with Crippen LogP contribution in [0.25, 0.3) is 0 Å². The smallest absolute Gasteiger partial charge is 0.222 e. The van der Waals surface area contributed by atoms with Gasteiger partial charge in [0.25, 0.3) is 0 Å². The van der Waals surface area contributed by atoms with E-state index in [0.29, 0.717) is 18.2 Å². The monoisotopic (exact) mass is 288 g/mol. The van der Waals surface area contributed by atoms with Crippen LogP contribution in [-0.2, 0) is 4.79 Å². The van der Waals surface area contributed by atoms with Gasteiger partial charge < -0.3 is 10.2 Å². The number of carbonyl (C=O) groups is 1. The molecule has 2 unspecified atom stereocenters. The number of nitrogens with zero attached hydrogens (tertiary/aromatic N) is 1. The first-order valence-electron chi connectivity index (χ1n) is 8.26. The van der Waals surface area contributed by atoms with Crippen LogP contribution in [0, 0.1) is 5.92 Å². The van der Waals surface area contributed by atoms with Crippen LogP contribution in [-0.4, -0.2) is 30.4 Å². The fourth-order valence-corrected chi connectivity index (χ4v) is 3.03. The van der Waals surface area contributed by atoms with Crippen molar-refractivity contribution in [1.82, 2.24) is 10.2 Å². The first-order chi connectivity index (χ1) is 10.2. The third kappa shape index (κ3) is 4.85. The minimum atomic E-state index is 0.243. The Hall–Kier alpha value is -1.35. The van der Waals surface area contributed by atoms with E-state index in [4.69, 9.17) is 0 Å². The fourth-order valence-electron chi connectivity index (χ4n) is 3.03. The Labute approximate surface area is 128 Å². The van der Waals surface area contributed by atoms with E-state index < -0.39 is 0 Å². The molecule has 0 aliphatic carbocycles. The Kier molecular flexibility index (Phi) is 6.24. The molecule has 0 aromatic heterocycles. The highest BCUT2D eigenvalue weighted by Gasteiger charge is 2.24. The molecule has 1 aliphatic heterocycles. The number of carbonyl (C=O) groups excluding carboxylic acids is 1. The zero-order valence-electron chi connectivity index (χ0n) is 13.3. The first kappa shape index (κ1) is 16.0. The van der Waals surface area contributed by atoms with E-state index in [0.717, 1.165) is 26.1 Å². The van der Waals surface area contributed by atoms with Gasteiger partial charge in [-0.3, -0.25) is 4.79 Å². The van der Waals surface area contributed by atoms with Gasteiger partial charge in [-0.05, 0) is 30.9 Å². The van der Waals surface area contributed by atoms with Gasteiger partial charge in [-0.15, -0.1) is 0 Å². The van der Waals surface area contributed by atoms with Gasteiger partial charge in [-0.25, -0.2) is 0 Å². The summed E-state index contributed by atoms with van der Waals surface area (Å²) in [6, 6.07) is 10.7. The van der Waals surface area contributed by atoms with Crippen LogP contribution < -0.4 is 5.32 Å². The van der Waals surface area contributed by atoms with Crippen molar-refractivity contribution in [2.75, 3.05) is 19.6 Å². The van der Waals surface area contributed by atoms with Crippen molar-refractivity contribution in [1.29, 1.82) is 0 Å². The maximum atomic E-state index is 11.9. The third-order valence-electron chi connectivity index (χ3n) is 4.27. The van der Waals surface area contributed by atoms with Gasteiger partial charge in [0.1, 0.15) is 0 Å². The van der Waals surface area contributed by atoms with Crippen LogP contribution in [0.4, 0.5) is 0 Å². The van der Waals surface area contributed by atoms with E-state index >= 15 is 0 Å².